The first-order chi connectivity index (χ1) is 9.20. The summed E-state index contributed by atoms with van der Waals surface area (Å²) in [7, 11) is -2.70. The van der Waals surface area contributed by atoms with Gasteiger partial charge in [0, 0.05) is 26.5 Å². The molecule has 0 fully saturated rings. The number of rotatable bonds is 13. The van der Waals surface area contributed by atoms with E-state index in [0.717, 1.165) is 25.7 Å². The molecule has 0 heterocycles. The van der Waals surface area contributed by atoms with Crippen molar-refractivity contribution in [3.63, 3.8) is 0 Å². The van der Waals surface area contributed by atoms with Gasteiger partial charge in [-0.25, -0.2) is 0 Å². The normalized spacial score (nSPS) is 13.7. The number of nitrogens with one attached hydrogen (secondary N) is 1. The second kappa shape index (κ2) is 11.8. The summed E-state index contributed by atoms with van der Waals surface area (Å²) in [6.07, 6.45) is 3.76. The topological polar surface area (TPSA) is 65.7 Å². The van der Waals surface area contributed by atoms with E-state index in [4.69, 9.17) is 19.0 Å². The van der Waals surface area contributed by atoms with Crippen molar-refractivity contribution < 1.29 is 13.3 Å². The van der Waals surface area contributed by atoms with Crippen LogP contribution in [0.4, 0.5) is 0 Å². The molecule has 0 aliphatic carbocycles. The Morgan fingerprint density at radius 3 is 1.58 bits per heavy atom. The van der Waals surface area contributed by atoms with E-state index < -0.39 is 8.80 Å². The molecular formula is C13H32N2O3Si. The highest BCUT2D eigenvalue weighted by molar-refractivity contribution is 6.62. The third-order valence-electron chi connectivity index (χ3n) is 2.72. The first kappa shape index (κ1) is 19.0. The monoisotopic (exact) mass is 292 g/mol. The number of nitrogens with two attached hydrogens (primary N) is 1. The van der Waals surface area contributed by atoms with E-state index in [1.54, 1.807) is 0 Å². The first-order valence-electron chi connectivity index (χ1n) is 7.55. The molecule has 0 saturated heterocycles. The molecule has 0 radical (unpaired) electrons. The van der Waals surface area contributed by atoms with Crippen molar-refractivity contribution in [1.29, 1.82) is 0 Å². The lowest BCUT2D eigenvalue weighted by Gasteiger charge is -2.35. The van der Waals surface area contributed by atoms with Crippen molar-refractivity contribution in [2.45, 2.75) is 59.0 Å². The third-order valence-corrected chi connectivity index (χ3v) is 6.01. The van der Waals surface area contributed by atoms with Gasteiger partial charge in [0.05, 0.1) is 5.67 Å². The van der Waals surface area contributed by atoms with Crippen LogP contribution in [0, 0.1) is 0 Å². The van der Waals surface area contributed by atoms with Crippen LogP contribution in [-0.2, 0) is 13.3 Å². The zero-order chi connectivity index (χ0) is 14.6. The van der Waals surface area contributed by atoms with Crippen molar-refractivity contribution in [1.82, 2.24) is 5.32 Å². The van der Waals surface area contributed by atoms with E-state index in [2.05, 4.69) is 33.0 Å². The molecule has 19 heavy (non-hydrogen) atoms. The van der Waals surface area contributed by atoms with Gasteiger partial charge in [0.2, 0.25) is 0 Å². The average molecular weight is 292 g/mol. The van der Waals surface area contributed by atoms with Crippen LogP contribution in [0.2, 0.25) is 0 Å². The number of hydrogen-bond donors (Lipinski definition) is 2. The third kappa shape index (κ3) is 6.83. The Hall–Kier alpha value is 0.0169. The van der Waals surface area contributed by atoms with Crippen LogP contribution < -0.4 is 11.1 Å². The van der Waals surface area contributed by atoms with Crippen LogP contribution in [0.5, 0.6) is 0 Å². The molecular weight excluding hydrogens is 260 g/mol. The molecule has 0 spiro atoms. The van der Waals surface area contributed by atoms with Crippen LogP contribution in [-0.4, -0.2) is 41.0 Å². The molecule has 0 amide bonds. The first-order valence-corrected chi connectivity index (χ1v) is 9.36. The molecule has 5 nitrogen and oxygen atoms in total. The van der Waals surface area contributed by atoms with Crippen LogP contribution in [0.1, 0.15) is 53.4 Å². The van der Waals surface area contributed by atoms with Gasteiger partial charge in [0.1, 0.15) is 0 Å². The SMILES string of the molecule is CCCO[Si](OCCC)(OCCC)C(CC)NCN. The Bertz CT molecular complexity index is 187. The fourth-order valence-electron chi connectivity index (χ4n) is 1.82. The quantitative estimate of drug-likeness (QED) is 0.402. The molecule has 1 atom stereocenters. The lowest BCUT2D eigenvalue weighted by molar-refractivity contribution is 0.0462. The Labute approximate surface area is 119 Å². The highest BCUT2D eigenvalue weighted by atomic mass is 28.4. The van der Waals surface area contributed by atoms with Gasteiger partial charge in [-0.05, 0) is 25.7 Å². The molecule has 1 unspecified atom stereocenters. The van der Waals surface area contributed by atoms with Gasteiger partial charge in [-0.15, -0.1) is 0 Å². The molecule has 0 bridgehead atoms. The summed E-state index contributed by atoms with van der Waals surface area (Å²) in [5.74, 6) is 0. The highest BCUT2D eigenvalue weighted by Crippen LogP contribution is 2.19. The molecule has 0 aliphatic rings. The van der Waals surface area contributed by atoms with Gasteiger partial charge >= 0.3 is 8.80 Å². The van der Waals surface area contributed by atoms with E-state index in [0.29, 0.717) is 26.5 Å². The minimum atomic E-state index is -2.70. The second-order valence-electron chi connectivity index (χ2n) is 4.52. The van der Waals surface area contributed by atoms with Gasteiger partial charge in [0.25, 0.3) is 0 Å². The Kier molecular flexibility index (Phi) is 11.8. The summed E-state index contributed by atoms with van der Waals surface area (Å²) in [6.45, 7) is 10.8. The van der Waals surface area contributed by atoms with Gasteiger partial charge < -0.3 is 19.0 Å². The smallest absolute Gasteiger partial charge is 0.373 e. The lowest BCUT2D eigenvalue weighted by Crippen LogP contribution is -2.62. The molecule has 116 valence electrons. The van der Waals surface area contributed by atoms with Crippen LogP contribution in [0.15, 0.2) is 0 Å². The summed E-state index contributed by atoms with van der Waals surface area (Å²) in [5, 5.41) is 3.26. The fourth-order valence-corrected chi connectivity index (χ4v) is 5.01. The second-order valence-corrected chi connectivity index (χ2v) is 7.29. The molecule has 0 rings (SSSR count). The molecule has 0 aliphatic heterocycles. The summed E-state index contributed by atoms with van der Waals surface area (Å²) in [5.41, 5.74) is 5.70. The molecule has 0 aromatic heterocycles. The number of hydrogen-bond acceptors (Lipinski definition) is 5. The minimum Gasteiger partial charge on any atom is -0.373 e. The van der Waals surface area contributed by atoms with Crippen molar-refractivity contribution >= 4 is 8.80 Å². The fraction of sp³-hybridized carbons (Fsp3) is 1.00. The molecule has 0 aromatic carbocycles. The van der Waals surface area contributed by atoms with Crippen molar-refractivity contribution in [3.8, 4) is 0 Å². The maximum Gasteiger partial charge on any atom is 0.518 e. The van der Waals surface area contributed by atoms with Gasteiger partial charge in [0.15, 0.2) is 0 Å². The molecule has 3 N–H and O–H groups in total. The lowest BCUT2D eigenvalue weighted by atomic mass is 10.5. The van der Waals surface area contributed by atoms with Crippen LogP contribution in [0.25, 0.3) is 0 Å². The van der Waals surface area contributed by atoms with E-state index >= 15 is 0 Å². The maximum atomic E-state index is 6.07. The molecule has 0 saturated carbocycles. The summed E-state index contributed by atoms with van der Waals surface area (Å²) in [4.78, 5) is 0. The predicted octanol–water partition coefficient (Wildman–Crippen LogP) is 2.03. The Morgan fingerprint density at radius 2 is 1.32 bits per heavy atom. The summed E-state index contributed by atoms with van der Waals surface area (Å²) < 4.78 is 18.2. The summed E-state index contributed by atoms with van der Waals surface area (Å²) in [6, 6.07) is 0. The average Bonchev–Trinajstić information content (AvgIpc) is 2.44. The molecule has 0 aromatic rings. The molecule has 6 heteroatoms. The van der Waals surface area contributed by atoms with Gasteiger partial charge in [-0.3, -0.25) is 5.32 Å². The van der Waals surface area contributed by atoms with Gasteiger partial charge in [-0.1, -0.05) is 27.7 Å². The van der Waals surface area contributed by atoms with Crippen molar-refractivity contribution in [2.75, 3.05) is 26.5 Å². The van der Waals surface area contributed by atoms with E-state index in [-0.39, 0.29) is 5.67 Å². The zero-order valence-electron chi connectivity index (χ0n) is 13.0. The van der Waals surface area contributed by atoms with Crippen molar-refractivity contribution in [3.05, 3.63) is 0 Å². The van der Waals surface area contributed by atoms with Crippen LogP contribution in [0.3, 0.4) is 0 Å². The standard InChI is InChI=1S/C13H32N2O3Si/c1-5-9-16-19(17-10-6-2,18-11-7-3)13(8-4)15-12-14/h13,15H,5-12,14H2,1-4H3. The van der Waals surface area contributed by atoms with Crippen molar-refractivity contribution in [2.24, 2.45) is 5.73 Å². The summed E-state index contributed by atoms with van der Waals surface area (Å²) >= 11 is 0. The van der Waals surface area contributed by atoms with E-state index in [1.807, 2.05) is 0 Å². The predicted molar refractivity (Wildman–Crippen MR) is 80.8 cm³/mol. The van der Waals surface area contributed by atoms with E-state index in [1.165, 1.54) is 0 Å². The Morgan fingerprint density at radius 1 is 0.895 bits per heavy atom. The zero-order valence-corrected chi connectivity index (χ0v) is 14.0. The largest absolute Gasteiger partial charge is 0.518 e. The van der Waals surface area contributed by atoms with Gasteiger partial charge in [-0.2, -0.15) is 0 Å². The van der Waals surface area contributed by atoms with E-state index in [9.17, 15) is 0 Å². The highest BCUT2D eigenvalue weighted by Gasteiger charge is 2.48. The maximum absolute atomic E-state index is 6.07. The Balaban J connectivity index is 4.92. The minimum absolute atomic E-state index is 0.0714. The van der Waals surface area contributed by atoms with Crippen LogP contribution >= 0.6 is 0 Å².